The maximum Gasteiger partial charge on any atom is 0.196 e. The van der Waals surface area contributed by atoms with Crippen LogP contribution in [0.15, 0.2) is 69.9 Å². The standard InChI is InChI=1S/C18H13ClN6S/c1-12-17(25-23-14-5-3-2-4-6-14)26-18(21-12)16(11-20)24-22-15-9-7-13(19)8-10-15/h2-10,22H,1H3/b24-16-,25-23?. The SMILES string of the molecule is Cc1nc(/C(C#N)=N\Nc2ccc(Cl)cc2)sc1N=Nc1ccccc1. The number of rotatable bonds is 5. The molecule has 1 N–H and O–H groups in total. The zero-order valence-electron chi connectivity index (χ0n) is 13.7. The Kier molecular flexibility index (Phi) is 5.69. The van der Waals surface area contributed by atoms with Gasteiger partial charge in [0.15, 0.2) is 15.7 Å². The van der Waals surface area contributed by atoms with Gasteiger partial charge in [-0.2, -0.15) is 10.4 Å². The Morgan fingerprint density at radius 1 is 1.12 bits per heavy atom. The first kappa shape index (κ1) is 17.7. The highest BCUT2D eigenvalue weighted by Gasteiger charge is 2.13. The molecule has 0 fully saturated rings. The summed E-state index contributed by atoms with van der Waals surface area (Å²) >= 11 is 7.11. The highest BCUT2D eigenvalue weighted by molar-refractivity contribution is 7.17. The Morgan fingerprint density at radius 2 is 1.85 bits per heavy atom. The number of azo groups is 1. The van der Waals surface area contributed by atoms with Gasteiger partial charge in [0.05, 0.1) is 17.1 Å². The van der Waals surface area contributed by atoms with Crippen molar-refractivity contribution in [2.75, 3.05) is 5.43 Å². The van der Waals surface area contributed by atoms with Crippen LogP contribution in [0.2, 0.25) is 5.02 Å². The minimum absolute atomic E-state index is 0.175. The van der Waals surface area contributed by atoms with Crippen LogP contribution in [-0.4, -0.2) is 10.7 Å². The van der Waals surface area contributed by atoms with Crippen LogP contribution in [-0.2, 0) is 0 Å². The van der Waals surface area contributed by atoms with Gasteiger partial charge < -0.3 is 0 Å². The molecule has 3 rings (SSSR count). The number of nitriles is 1. The monoisotopic (exact) mass is 380 g/mol. The van der Waals surface area contributed by atoms with Gasteiger partial charge in [-0.15, -0.1) is 10.2 Å². The van der Waals surface area contributed by atoms with Crippen molar-refractivity contribution < 1.29 is 0 Å². The van der Waals surface area contributed by atoms with Crippen molar-refractivity contribution in [1.29, 1.82) is 5.26 Å². The van der Waals surface area contributed by atoms with Crippen LogP contribution >= 0.6 is 22.9 Å². The third kappa shape index (κ3) is 4.51. The number of hydrazone groups is 1. The average molecular weight is 381 g/mol. The highest BCUT2D eigenvalue weighted by atomic mass is 35.5. The molecule has 1 aromatic heterocycles. The minimum atomic E-state index is 0.175. The van der Waals surface area contributed by atoms with Crippen LogP contribution in [0.25, 0.3) is 0 Å². The molecule has 0 saturated carbocycles. The third-order valence-electron chi connectivity index (χ3n) is 3.23. The van der Waals surface area contributed by atoms with Gasteiger partial charge in [0.25, 0.3) is 0 Å². The average Bonchev–Trinajstić information content (AvgIpc) is 3.03. The Labute approximate surface area is 159 Å². The van der Waals surface area contributed by atoms with E-state index in [1.54, 1.807) is 24.3 Å². The molecule has 0 aliphatic carbocycles. The Hall–Kier alpha value is -3.08. The molecular formula is C18H13ClN6S. The van der Waals surface area contributed by atoms with Crippen LogP contribution < -0.4 is 5.43 Å². The van der Waals surface area contributed by atoms with Crippen molar-refractivity contribution in [3.63, 3.8) is 0 Å². The second-order valence-electron chi connectivity index (χ2n) is 5.14. The fraction of sp³-hybridized carbons (Fsp3) is 0.0556. The van der Waals surface area contributed by atoms with E-state index >= 15 is 0 Å². The number of aromatic nitrogens is 1. The van der Waals surface area contributed by atoms with Gasteiger partial charge in [-0.1, -0.05) is 41.1 Å². The Morgan fingerprint density at radius 3 is 2.54 bits per heavy atom. The summed E-state index contributed by atoms with van der Waals surface area (Å²) in [4.78, 5) is 4.37. The van der Waals surface area contributed by atoms with E-state index in [4.69, 9.17) is 11.6 Å². The molecule has 0 atom stereocenters. The van der Waals surface area contributed by atoms with Crippen molar-refractivity contribution in [2.45, 2.75) is 6.92 Å². The molecule has 0 aliphatic rings. The molecular weight excluding hydrogens is 368 g/mol. The molecule has 0 amide bonds. The zero-order chi connectivity index (χ0) is 18.4. The summed E-state index contributed by atoms with van der Waals surface area (Å²) in [5.74, 6) is 0. The van der Waals surface area contributed by atoms with E-state index in [-0.39, 0.29) is 5.71 Å². The fourth-order valence-electron chi connectivity index (χ4n) is 1.95. The van der Waals surface area contributed by atoms with Gasteiger partial charge in [-0.05, 0) is 43.3 Å². The summed E-state index contributed by atoms with van der Waals surface area (Å²) in [5, 5.41) is 23.7. The number of benzene rings is 2. The number of thiazole rings is 1. The van der Waals surface area contributed by atoms with E-state index in [1.165, 1.54) is 11.3 Å². The zero-order valence-corrected chi connectivity index (χ0v) is 15.3. The van der Waals surface area contributed by atoms with Gasteiger partial charge in [0, 0.05) is 5.02 Å². The number of hydrogen-bond donors (Lipinski definition) is 1. The van der Waals surface area contributed by atoms with Crippen molar-refractivity contribution >= 4 is 45.0 Å². The first-order valence-electron chi connectivity index (χ1n) is 7.59. The number of anilines is 1. The summed E-state index contributed by atoms with van der Waals surface area (Å²) in [6, 6.07) is 18.5. The number of nitrogens with one attached hydrogen (secondary N) is 1. The molecule has 0 radical (unpaired) electrons. The number of halogens is 1. The molecule has 0 spiro atoms. The van der Waals surface area contributed by atoms with Crippen molar-refractivity contribution in [3.8, 4) is 6.07 Å². The highest BCUT2D eigenvalue weighted by Crippen LogP contribution is 2.29. The first-order valence-corrected chi connectivity index (χ1v) is 8.79. The van der Waals surface area contributed by atoms with Crippen molar-refractivity contribution in [1.82, 2.24) is 4.98 Å². The van der Waals surface area contributed by atoms with Gasteiger partial charge in [0.2, 0.25) is 0 Å². The minimum Gasteiger partial charge on any atom is -0.277 e. The molecule has 2 aromatic carbocycles. The Balaban J connectivity index is 1.79. The third-order valence-corrected chi connectivity index (χ3v) is 4.53. The lowest BCUT2D eigenvalue weighted by Crippen LogP contribution is -2.01. The summed E-state index contributed by atoms with van der Waals surface area (Å²) in [6.45, 7) is 1.82. The Bertz CT molecular complexity index is 987. The summed E-state index contributed by atoms with van der Waals surface area (Å²) in [6.07, 6.45) is 0. The van der Waals surface area contributed by atoms with Gasteiger partial charge in [0.1, 0.15) is 6.07 Å². The van der Waals surface area contributed by atoms with Crippen LogP contribution in [0.5, 0.6) is 0 Å². The largest absolute Gasteiger partial charge is 0.277 e. The molecule has 8 heteroatoms. The second kappa shape index (κ2) is 8.34. The molecule has 128 valence electrons. The van der Waals surface area contributed by atoms with Gasteiger partial charge >= 0.3 is 0 Å². The van der Waals surface area contributed by atoms with Crippen molar-refractivity contribution in [3.05, 3.63) is 70.3 Å². The normalized spacial score (nSPS) is 11.5. The number of hydrogen-bond acceptors (Lipinski definition) is 7. The van der Waals surface area contributed by atoms with E-state index in [9.17, 15) is 5.26 Å². The predicted octanol–water partition coefficient (Wildman–Crippen LogP) is 5.86. The van der Waals surface area contributed by atoms with E-state index < -0.39 is 0 Å². The van der Waals surface area contributed by atoms with E-state index in [0.717, 1.165) is 11.4 Å². The molecule has 1 heterocycles. The smallest absolute Gasteiger partial charge is 0.196 e. The summed E-state index contributed by atoms with van der Waals surface area (Å²) in [7, 11) is 0. The van der Waals surface area contributed by atoms with Crippen LogP contribution in [0.3, 0.4) is 0 Å². The molecule has 26 heavy (non-hydrogen) atoms. The quantitative estimate of drug-likeness (QED) is 0.341. The summed E-state index contributed by atoms with van der Waals surface area (Å²) in [5.41, 5.74) is 5.17. The predicted molar refractivity (Wildman–Crippen MR) is 105 cm³/mol. The lowest BCUT2D eigenvalue weighted by molar-refractivity contribution is 1.18. The summed E-state index contributed by atoms with van der Waals surface area (Å²) < 4.78 is 0. The second-order valence-corrected chi connectivity index (χ2v) is 6.55. The van der Waals surface area contributed by atoms with Crippen LogP contribution in [0, 0.1) is 18.3 Å². The van der Waals surface area contributed by atoms with Gasteiger partial charge in [-0.3, -0.25) is 5.43 Å². The number of nitrogens with zero attached hydrogens (tertiary/aromatic N) is 5. The first-order chi connectivity index (χ1) is 12.7. The van der Waals surface area contributed by atoms with Crippen molar-refractivity contribution in [2.24, 2.45) is 15.3 Å². The van der Waals surface area contributed by atoms with Gasteiger partial charge in [-0.25, -0.2) is 4.98 Å². The van der Waals surface area contributed by atoms with E-state index in [0.29, 0.717) is 20.7 Å². The molecule has 0 saturated heterocycles. The maximum atomic E-state index is 9.38. The topological polar surface area (TPSA) is 85.8 Å². The lowest BCUT2D eigenvalue weighted by Gasteiger charge is -2.00. The van der Waals surface area contributed by atoms with E-state index in [1.807, 2.05) is 37.3 Å². The lowest BCUT2D eigenvalue weighted by atomic mass is 10.3. The van der Waals surface area contributed by atoms with E-state index in [2.05, 4.69) is 31.8 Å². The molecule has 0 aliphatic heterocycles. The molecule has 0 bridgehead atoms. The number of aryl methyl sites for hydroxylation is 1. The van der Waals surface area contributed by atoms with Crippen LogP contribution in [0.1, 0.15) is 10.7 Å². The molecule has 6 nitrogen and oxygen atoms in total. The molecule has 3 aromatic rings. The molecule has 0 unspecified atom stereocenters. The fourth-order valence-corrected chi connectivity index (χ4v) is 2.90. The maximum absolute atomic E-state index is 9.38. The van der Waals surface area contributed by atoms with Crippen LogP contribution in [0.4, 0.5) is 16.4 Å².